The van der Waals surface area contributed by atoms with Crippen LogP contribution in [0.2, 0.25) is 0 Å². The number of alkyl halides is 3. The molecule has 0 aliphatic carbocycles. The molecular weight excluding hydrogens is 422 g/mol. The molecule has 0 aliphatic rings. The predicted octanol–water partition coefficient (Wildman–Crippen LogP) is 3.35. The monoisotopic (exact) mass is 441 g/mol. The zero-order valence-electron chi connectivity index (χ0n) is 16.9. The van der Waals surface area contributed by atoms with Crippen LogP contribution in [-0.4, -0.2) is 39.5 Å². The average Bonchev–Trinajstić information content (AvgIpc) is 2.96. The Balaban J connectivity index is 2.22. The molecule has 0 saturated carbocycles. The SMILES string of the molecule is CCOC(=O)c1c(OCC(F)(F)F)c2c(=O)n(Cc3ccc(F)cc3)c(C)nc2n1C. The minimum Gasteiger partial charge on any atom is -0.481 e. The topological polar surface area (TPSA) is 75.3 Å². The molecular formula is C20H19F4N3O4. The lowest BCUT2D eigenvalue weighted by atomic mass is 10.2. The maximum atomic E-state index is 13.2. The Kier molecular flexibility index (Phi) is 6.05. The van der Waals surface area contributed by atoms with E-state index in [0.29, 0.717) is 5.56 Å². The van der Waals surface area contributed by atoms with Crippen molar-refractivity contribution in [2.75, 3.05) is 13.2 Å². The summed E-state index contributed by atoms with van der Waals surface area (Å²) in [5.74, 6) is -1.69. The fraction of sp³-hybridized carbons (Fsp3) is 0.350. The second-order valence-corrected chi connectivity index (χ2v) is 6.74. The van der Waals surface area contributed by atoms with Gasteiger partial charge in [-0.3, -0.25) is 9.36 Å². The molecule has 3 aromatic rings. The van der Waals surface area contributed by atoms with E-state index >= 15 is 0 Å². The first-order valence-corrected chi connectivity index (χ1v) is 9.24. The molecule has 0 bridgehead atoms. The van der Waals surface area contributed by atoms with Crippen molar-refractivity contribution in [2.45, 2.75) is 26.6 Å². The zero-order chi connectivity index (χ0) is 22.9. The average molecular weight is 441 g/mol. The number of halogens is 4. The first kappa shape index (κ1) is 22.3. The van der Waals surface area contributed by atoms with E-state index in [0.717, 1.165) is 0 Å². The third kappa shape index (κ3) is 4.54. The van der Waals surface area contributed by atoms with Crippen LogP contribution in [0.3, 0.4) is 0 Å². The molecule has 0 fully saturated rings. The lowest BCUT2D eigenvalue weighted by Gasteiger charge is -2.12. The van der Waals surface area contributed by atoms with Crippen LogP contribution >= 0.6 is 0 Å². The van der Waals surface area contributed by atoms with E-state index in [-0.39, 0.29) is 35.7 Å². The molecule has 0 saturated heterocycles. The van der Waals surface area contributed by atoms with Crippen LogP contribution in [0.1, 0.15) is 28.8 Å². The highest BCUT2D eigenvalue weighted by molar-refractivity contribution is 6.00. The van der Waals surface area contributed by atoms with Gasteiger partial charge in [-0.05, 0) is 31.5 Å². The van der Waals surface area contributed by atoms with Gasteiger partial charge in [-0.15, -0.1) is 0 Å². The summed E-state index contributed by atoms with van der Waals surface area (Å²) in [5, 5.41) is -0.275. The van der Waals surface area contributed by atoms with Gasteiger partial charge in [0.1, 0.15) is 17.0 Å². The number of aromatic nitrogens is 3. The molecule has 11 heteroatoms. The molecule has 7 nitrogen and oxygen atoms in total. The number of ether oxygens (including phenoxy) is 2. The molecule has 0 unspecified atom stereocenters. The molecule has 2 aromatic heterocycles. The summed E-state index contributed by atoms with van der Waals surface area (Å²) in [6.07, 6.45) is -4.70. The highest BCUT2D eigenvalue weighted by atomic mass is 19.4. The molecule has 0 aliphatic heterocycles. The third-order valence-corrected chi connectivity index (χ3v) is 4.54. The molecule has 166 valence electrons. The number of esters is 1. The summed E-state index contributed by atoms with van der Waals surface area (Å²) in [6, 6.07) is 5.39. The number of aryl methyl sites for hydroxylation is 2. The van der Waals surface area contributed by atoms with Crippen molar-refractivity contribution in [1.29, 1.82) is 0 Å². The van der Waals surface area contributed by atoms with E-state index < -0.39 is 35.9 Å². The Morgan fingerprint density at radius 3 is 2.42 bits per heavy atom. The van der Waals surface area contributed by atoms with Gasteiger partial charge < -0.3 is 14.0 Å². The summed E-state index contributed by atoms with van der Waals surface area (Å²) in [5.41, 5.74) is -0.482. The van der Waals surface area contributed by atoms with Crippen LogP contribution in [0.15, 0.2) is 29.1 Å². The van der Waals surface area contributed by atoms with Crippen LogP contribution in [0, 0.1) is 12.7 Å². The summed E-state index contributed by atoms with van der Waals surface area (Å²) in [7, 11) is 1.38. The van der Waals surface area contributed by atoms with Gasteiger partial charge in [0.2, 0.25) is 0 Å². The summed E-state index contributed by atoms with van der Waals surface area (Å²) < 4.78 is 63.8. The minimum atomic E-state index is -4.70. The van der Waals surface area contributed by atoms with Crippen LogP contribution in [0.4, 0.5) is 17.6 Å². The first-order valence-electron chi connectivity index (χ1n) is 9.24. The Labute approximate surface area is 173 Å². The van der Waals surface area contributed by atoms with Crippen molar-refractivity contribution in [1.82, 2.24) is 14.1 Å². The maximum absolute atomic E-state index is 13.2. The molecule has 31 heavy (non-hydrogen) atoms. The quantitative estimate of drug-likeness (QED) is 0.433. The van der Waals surface area contributed by atoms with Crippen LogP contribution in [0.5, 0.6) is 5.75 Å². The third-order valence-electron chi connectivity index (χ3n) is 4.54. The summed E-state index contributed by atoms with van der Waals surface area (Å²) >= 11 is 0. The van der Waals surface area contributed by atoms with Gasteiger partial charge in [0.15, 0.2) is 23.7 Å². The Morgan fingerprint density at radius 1 is 1.19 bits per heavy atom. The van der Waals surface area contributed by atoms with Crippen LogP contribution in [0.25, 0.3) is 11.0 Å². The van der Waals surface area contributed by atoms with Gasteiger partial charge in [0.25, 0.3) is 5.56 Å². The number of hydrogen-bond acceptors (Lipinski definition) is 5. The van der Waals surface area contributed by atoms with Gasteiger partial charge in [-0.1, -0.05) is 12.1 Å². The fourth-order valence-corrected chi connectivity index (χ4v) is 3.15. The van der Waals surface area contributed by atoms with E-state index in [4.69, 9.17) is 9.47 Å². The number of benzene rings is 1. The maximum Gasteiger partial charge on any atom is 0.422 e. The van der Waals surface area contributed by atoms with Crippen LogP contribution < -0.4 is 10.3 Å². The molecule has 0 N–H and O–H groups in total. The van der Waals surface area contributed by atoms with Crippen molar-refractivity contribution in [3.8, 4) is 5.75 Å². The number of carbonyl (C=O) groups is 1. The molecule has 0 radical (unpaired) electrons. The van der Waals surface area contributed by atoms with Crippen molar-refractivity contribution >= 4 is 17.0 Å². The number of rotatable bonds is 6. The smallest absolute Gasteiger partial charge is 0.422 e. The molecule has 2 heterocycles. The Morgan fingerprint density at radius 2 is 1.84 bits per heavy atom. The minimum absolute atomic E-state index is 0.00374. The second-order valence-electron chi connectivity index (χ2n) is 6.74. The largest absolute Gasteiger partial charge is 0.481 e. The number of hydrogen-bond donors (Lipinski definition) is 0. The molecule has 1 aromatic carbocycles. The van der Waals surface area contributed by atoms with Gasteiger partial charge in [0, 0.05) is 7.05 Å². The van der Waals surface area contributed by atoms with Crippen molar-refractivity contribution in [3.05, 3.63) is 57.5 Å². The lowest BCUT2D eigenvalue weighted by Crippen LogP contribution is -2.25. The van der Waals surface area contributed by atoms with Crippen LogP contribution in [-0.2, 0) is 18.3 Å². The van der Waals surface area contributed by atoms with Crippen molar-refractivity contribution in [3.63, 3.8) is 0 Å². The normalized spacial score (nSPS) is 11.7. The fourth-order valence-electron chi connectivity index (χ4n) is 3.15. The second kappa shape index (κ2) is 8.40. The number of carbonyl (C=O) groups excluding carboxylic acids is 1. The van der Waals surface area contributed by atoms with E-state index in [1.807, 2.05) is 0 Å². The van der Waals surface area contributed by atoms with Gasteiger partial charge >= 0.3 is 12.1 Å². The summed E-state index contributed by atoms with van der Waals surface area (Å²) in [6.45, 7) is 1.34. The Bertz CT molecular complexity index is 1180. The highest BCUT2D eigenvalue weighted by Gasteiger charge is 2.33. The number of fused-ring (bicyclic) bond motifs is 1. The first-order chi connectivity index (χ1) is 14.5. The molecule has 0 spiro atoms. The van der Waals surface area contributed by atoms with Gasteiger partial charge in [-0.25, -0.2) is 14.2 Å². The van der Waals surface area contributed by atoms with E-state index in [1.165, 1.54) is 54.3 Å². The molecule has 0 atom stereocenters. The highest BCUT2D eigenvalue weighted by Crippen LogP contribution is 2.32. The molecule has 3 rings (SSSR count). The Hall–Kier alpha value is -3.37. The molecule has 0 amide bonds. The van der Waals surface area contributed by atoms with E-state index in [9.17, 15) is 27.2 Å². The number of nitrogens with zero attached hydrogens (tertiary/aromatic N) is 3. The van der Waals surface area contributed by atoms with E-state index in [2.05, 4.69) is 4.98 Å². The standard InChI is InChI=1S/C20H19F4N3O4/c1-4-30-19(29)15-16(31-10-20(22,23)24)14-17(26(15)3)25-11(2)27(18(14)28)9-12-5-7-13(21)8-6-12/h5-8H,4,9-10H2,1-3H3. The van der Waals surface area contributed by atoms with Gasteiger partial charge in [-0.2, -0.15) is 13.2 Å². The van der Waals surface area contributed by atoms with Crippen molar-refractivity contribution < 1.29 is 31.8 Å². The lowest BCUT2D eigenvalue weighted by molar-refractivity contribution is -0.153. The van der Waals surface area contributed by atoms with E-state index in [1.54, 1.807) is 0 Å². The van der Waals surface area contributed by atoms with Crippen molar-refractivity contribution in [2.24, 2.45) is 7.05 Å². The predicted molar refractivity (Wildman–Crippen MR) is 103 cm³/mol. The van der Waals surface area contributed by atoms with Gasteiger partial charge in [0.05, 0.1) is 13.2 Å². The summed E-state index contributed by atoms with van der Waals surface area (Å²) in [4.78, 5) is 29.9. The zero-order valence-corrected chi connectivity index (χ0v) is 16.9.